The highest BCUT2D eigenvalue weighted by Crippen LogP contribution is 2.24. The second-order valence-corrected chi connectivity index (χ2v) is 7.50. The molecule has 3 rings (SSSR count). The molecule has 0 unspecified atom stereocenters. The highest BCUT2D eigenvalue weighted by molar-refractivity contribution is 7.80. The van der Waals surface area contributed by atoms with Crippen molar-refractivity contribution in [2.75, 3.05) is 29.9 Å². The van der Waals surface area contributed by atoms with Crippen LogP contribution in [0.2, 0.25) is 0 Å². The average molecular weight is 384 g/mol. The third-order valence-electron chi connectivity index (χ3n) is 4.85. The fourth-order valence-electron chi connectivity index (χ4n) is 3.45. The van der Waals surface area contributed by atoms with Crippen molar-refractivity contribution in [1.82, 2.24) is 5.32 Å². The van der Waals surface area contributed by atoms with E-state index in [4.69, 9.17) is 17.0 Å². The summed E-state index contributed by atoms with van der Waals surface area (Å²) in [5, 5.41) is 7.09. The number of anilines is 2. The summed E-state index contributed by atoms with van der Waals surface area (Å²) in [6.45, 7) is 7.95. The topological polar surface area (TPSA) is 36.5 Å². The van der Waals surface area contributed by atoms with Crippen molar-refractivity contribution in [1.29, 1.82) is 0 Å². The Labute approximate surface area is 167 Å². The van der Waals surface area contributed by atoms with Crippen LogP contribution in [0.3, 0.4) is 0 Å². The summed E-state index contributed by atoms with van der Waals surface area (Å²) < 4.78 is 5.62. The van der Waals surface area contributed by atoms with Crippen LogP contribution < -0.4 is 20.3 Å². The number of para-hydroxylation sites is 2. The lowest BCUT2D eigenvalue weighted by atomic mass is 9.99. The van der Waals surface area contributed by atoms with Crippen LogP contribution in [0, 0.1) is 5.92 Å². The van der Waals surface area contributed by atoms with E-state index >= 15 is 0 Å². The normalized spacial score (nSPS) is 16.7. The minimum atomic E-state index is 0.594. The van der Waals surface area contributed by atoms with Crippen LogP contribution in [-0.4, -0.2) is 24.8 Å². The number of nitrogens with one attached hydrogen (secondary N) is 2. The van der Waals surface area contributed by atoms with E-state index in [9.17, 15) is 0 Å². The van der Waals surface area contributed by atoms with Gasteiger partial charge in [-0.15, -0.1) is 0 Å². The Hall–Kier alpha value is -2.27. The SMILES string of the molecule is CCOc1ccccc1NC(=S)NCc1ccc(N2CCC[C@@H](C)C2)cc1. The first-order valence-electron chi connectivity index (χ1n) is 9.76. The van der Waals surface area contributed by atoms with Crippen molar-refractivity contribution in [2.24, 2.45) is 5.92 Å². The van der Waals surface area contributed by atoms with E-state index in [1.165, 1.54) is 24.1 Å². The smallest absolute Gasteiger partial charge is 0.171 e. The predicted octanol–water partition coefficient (Wildman–Crippen LogP) is 4.81. The fraction of sp³-hybridized carbons (Fsp3) is 0.409. The van der Waals surface area contributed by atoms with Crippen molar-refractivity contribution in [3.8, 4) is 5.75 Å². The van der Waals surface area contributed by atoms with Gasteiger partial charge >= 0.3 is 0 Å². The largest absolute Gasteiger partial charge is 0.492 e. The molecule has 4 nitrogen and oxygen atoms in total. The zero-order valence-electron chi connectivity index (χ0n) is 16.2. The van der Waals surface area contributed by atoms with Crippen molar-refractivity contribution < 1.29 is 4.74 Å². The molecule has 1 heterocycles. The molecule has 27 heavy (non-hydrogen) atoms. The maximum absolute atomic E-state index is 5.62. The maximum Gasteiger partial charge on any atom is 0.171 e. The molecule has 0 bridgehead atoms. The Balaban J connectivity index is 1.52. The first-order chi connectivity index (χ1) is 13.2. The number of ether oxygens (including phenoxy) is 1. The van der Waals surface area contributed by atoms with Crippen molar-refractivity contribution in [3.05, 3.63) is 54.1 Å². The molecular weight excluding hydrogens is 354 g/mol. The van der Waals surface area contributed by atoms with E-state index in [-0.39, 0.29) is 0 Å². The summed E-state index contributed by atoms with van der Waals surface area (Å²) in [5.41, 5.74) is 3.41. The second-order valence-electron chi connectivity index (χ2n) is 7.10. The molecule has 1 aliphatic heterocycles. The standard InChI is InChI=1S/C22H29N3OS/c1-3-26-21-9-5-4-8-20(21)24-22(27)23-15-18-10-12-19(13-11-18)25-14-6-7-17(2)16-25/h4-5,8-13,17H,3,6-7,14-16H2,1-2H3,(H2,23,24,27)/t17-/m1/s1. The van der Waals surface area contributed by atoms with E-state index in [1.54, 1.807) is 0 Å². The van der Waals surface area contributed by atoms with Crippen LogP contribution in [0.25, 0.3) is 0 Å². The van der Waals surface area contributed by atoms with Gasteiger partial charge in [-0.1, -0.05) is 31.2 Å². The van der Waals surface area contributed by atoms with Crippen molar-refractivity contribution in [3.63, 3.8) is 0 Å². The minimum absolute atomic E-state index is 0.594. The highest BCUT2D eigenvalue weighted by Gasteiger charge is 2.16. The molecule has 5 heteroatoms. The van der Waals surface area contributed by atoms with Gasteiger partial charge in [-0.25, -0.2) is 0 Å². The molecule has 0 aromatic heterocycles. The van der Waals surface area contributed by atoms with Gasteiger partial charge in [0.25, 0.3) is 0 Å². The number of rotatable bonds is 6. The summed E-state index contributed by atoms with van der Waals surface area (Å²) in [5.74, 6) is 1.59. The molecule has 1 fully saturated rings. The van der Waals surface area contributed by atoms with E-state index < -0.39 is 0 Å². The summed E-state index contributed by atoms with van der Waals surface area (Å²) in [6.07, 6.45) is 2.63. The Bertz CT molecular complexity index is 747. The Morgan fingerprint density at radius 2 is 1.96 bits per heavy atom. The molecule has 2 aromatic rings. The van der Waals surface area contributed by atoms with Crippen LogP contribution in [0.4, 0.5) is 11.4 Å². The van der Waals surface area contributed by atoms with E-state index in [2.05, 4.69) is 46.7 Å². The monoisotopic (exact) mass is 383 g/mol. The number of thiocarbonyl (C=S) groups is 1. The molecule has 1 saturated heterocycles. The van der Waals surface area contributed by atoms with E-state index in [1.807, 2.05) is 31.2 Å². The Kier molecular flexibility index (Phi) is 6.93. The van der Waals surface area contributed by atoms with Gasteiger partial charge < -0.3 is 20.3 Å². The average Bonchev–Trinajstić information content (AvgIpc) is 2.68. The summed E-state index contributed by atoms with van der Waals surface area (Å²) in [4.78, 5) is 2.49. The first-order valence-corrected chi connectivity index (χ1v) is 10.2. The molecule has 0 radical (unpaired) electrons. The molecule has 0 spiro atoms. The van der Waals surface area contributed by atoms with Crippen LogP contribution in [0.5, 0.6) is 5.75 Å². The third-order valence-corrected chi connectivity index (χ3v) is 5.09. The quantitative estimate of drug-likeness (QED) is 0.700. The lowest BCUT2D eigenvalue weighted by molar-refractivity contribution is 0.342. The maximum atomic E-state index is 5.62. The van der Waals surface area contributed by atoms with Gasteiger partial charge in [0.2, 0.25) is 0 Å². The van der Waals surface area contributed by atoms with Gasteiger partial charge in [0.1, 0.15) is 5.75 Å². The zero-order valence-corrected chi connectivity index (χ0v) is 17.0. The van der Waals surface area contributed by atoms with Gasteiger partial charge in [-0.05, 0) is 67.7 Å². The second kappa shape index (κ2) is 9.60. The van der Waals surface area contributed by atoms with Crippen LogP contribution in [-0.2, 0) is 6.54 Å². The minimum Gasteiger partial charge on any atom is -0.492 e. The van der Waals surface area contributed by atoms with Crippen LogP contribution >= 0.6 is 12.2 Å². The lowest BCUT2D eigenvalue weighted by Crippen LogP contribution is -2.34. The van der Waals surface area contributed by atoms with Crippen molar-refractivity contribution in [2.45, 2.75) is 33.2 Å². The van der Waals surface area contributed by atoms with E-state index in [0.717, 1.165) is 30.4 Å². The molecule has 1 aliphatic rings. The molecular formula is C22H29N3OS. The van der Waals surface area contributed by atoms with Gasteiger partial charge in [-0.3, -0.25) is 0 Å². The molecule has 2 N–H and O–H groups in total. The third kappa shape index (κ3) is 5.60. The highest BCUT2D eigenvalue weighted by atomic mass is 32.1. The number of benzene rings is 2. The predicted molar refractivity (Wildman–Crippen MR) is 118 cm³/mol. The zero-order chi connectivity index (χ0) is 19.1. The summed E-state index contributed by atoms with van der Waals surface area (Å²) in [7, 11) is 0. The van der Waals surface area contributed by atoms with Gasteiger partial charge in [0, 0.05) is 25.3 Å². The first kappa shape index (κ1) is 19.5. The molecule has 0 amide bonds. The molecule has 0 saturated carbocycles. The van der Waals surface area contributed by atoms with Crippen LogP contribution in [0.15, 0.2) is 48.5 Å². The lowest BCUT2D eigenvalue weighted by Gasteiger charge is -2.32. The molecule has 1 atom stereocenters. The molecule has 0 aliphatic carbocycles. The number of piperidine rings is 1. The van der Waals surface area contributed by atoms with E-state index in [0.29, 0.717) is 18.3 Å². The summed E-state index contributed by atoms with van der Waals surface area (Å²) >= 11 is 5.43. The molecule has 2 aromatic carbocycles. The number of hydrogen-bond acceptors (Lipinski definition) is 3. The van der Waals surface area contributed by atoms with Gasteiger partial charge in [0.05, 0.1) is 12.3 Å². The molecule has 144 valence electrons. The fourth-order valence-corrected chi connectivity index (χ4v) is 3.63. The summed E-state index contributed by atoms with van der Waals surface area (Å²) in [6, 6.07) is 16.6. The number of hydrogen-bond donors (Lipinski definition) is 2. The Morgan fingerprint density at radius 1 is 1.19 bits per heavy atom. The Morgan fingerprint density at radius 3 is 2.70 bits per heavy atom. The van der Waals surface area contributed by atoms with Gasteiger partial charge in [0.15, 0.2) is 5.11 Å². The number of nitrogens with zero attached hydrogens (tertiary/aromatic N) is 1. The van der Waals surface area contributed by atoms with Crippen molar-refractivity contribution >= 4 is 28.7 Å². The van der Waals surface area contributed by atoms with Crippen LogP contribution in [0.1, 0.15) is 32.3 Å². The van der Waals surface area contributed by atoms with Gasteiger partial charge in [-0.2, -0.15) is 0 Å².